The first-order chi connectivity index (χ1) is 21.4. The van der Waals surface area contributed by atoms with E-state index in [-0.39, 0.29) is 30.8 Å². The Bertz CT molecular complexity index is 1040. The van der Waals surface area contributed by atoms with Crippen LogP contribution in [0.15, 0.2) is 12.7 Å². The Morgan fingerprint density at radius 2 is 1.62 bits per heavy atom. The molecule has 0 aromatic heterocycles. The summed E-state index contributed by atoms with van der Waals surface area (Å²) >= 11 is 0. The highest BCUT2D eigenvalue weighted by Crippen LogP contribution is 2.33. The fourth-order valence-electron chi connectivity index (χ4n) is 4.49. The number of carbonyl (C=O) groups is 6. The predicted octanol–water partition coefficient (Wildman–Crippen LogP) is 3.40. The van der Waals surface area contributed by atoms with Crippen molar-refractivity contribution in [3.63, 3.8) is 0 Å². The molecule has 1 heterocycles. The number of ketones is 1. The molecular weight excluding hydrogens is 621 g/mol. The smallest absolute Gasteiger partial charge is 0.363 e. The quantitative estimate of drug-likeness (QED) is 0.132. The topological polar surface area (TPSA) is 171 Å². The van der Waals surface area contributed by atoms with Gasteiger partial charge in [0.25, 0.3) is 5.91 Å². The van der Waals surface area contributed by atoms with Crippen molar-refractivity contribution < 1.29 is 41.9 Å². The molecule has 5 atom stereocenters. The number of likely N-dealkylation sites (tertiary alicyclic amines) is 1. The third-order valence-corrected chi connectivity index (χ3v) is 7.40. The van der Waals surface area contributed by atoms with E-state index >= 15 is 0 Å². The predicted molar refractivity (Wildman–Crippen MR) is 175 cm³/mol. The van der Waals surface area contributed by atoms with Crippen molar-refractivity contribution in [2.24, 2.45) is 28.9 Å². The standard InChI is InChI=1S/C21H38N4O3.C7H9F3N2O3.C4H10/c1-9-11-24(8)17(26)12-22-20(28)23-18(21(5,6)7)19(27)25-13-16(10-2)14(3)15(25)4;8-7(9,10)2-1-4(12-3-13)5(14)6(11)15;1-4(2)3/h9,14-16,18H,1,10-13H2,2-8H3,(H2,22,23,28);3-4H,1-2H2,(H2,11,15)(H,12,13);4H,1-3H3/t14?,15-,16+,18?;;/m1../s1. The van der Waals surface area contributed by atoms with Gasteiger partial charge in [-0.3, -0.25) is 24.0 Å². The summed E-state index contributed by atoms with van der Waals surface area (Å²) in [5.74, 6) is -1.16. The first kappa shape index (κ1) is 45.5. The molecule has 3 unspecified atom stereocenters. The molecule has 1 saturated heterocycles. The largest absolute Gasteiger partial charge is 0.389 e. The molecule has 5 N–H and O–H groups in total. The number of primary amides is 1. The van der Waals surface area contributed by atoms with E-state index in [4.69, 9.17) is 0 Å². The van der Waals surface area contributed by atoms with Crippen molar-refractivity contribution in [2.45, 2.75) is 106 Å². The Labute approximate surface area is 277 Å². The fraction of sp³-hybridized carbons (Fsp3) is 0.750. The van der Waals surface area contributed by atoms with Gasteiger partial charge in [0.15, 0.2) is 0 Å². The SMILES string of the molecule is C=CCN(C)C(=O)CNC(=O)NC(C(=O)N1C[C@H](CC)C(C)[C@H]1C)C(C)(C)C.CC(C)C.NC(=O)C(=O)C(CCC(F)(F)F)NC=O. The lowest BCUT2D eigenvalue weighted by Crippen LogP contribution is -2.58. The van der Waals surface area contributed by atoms with Crippen molar-refractivity contribution in [3.05, 3.63) is 12.7 Å². The lowest BCUT2D eigenvalue weighted by atomic mass is 9.85. The van der Waals surface area contributed by atoms with E-state index in [1.165, 1.54) is 4.90 Å². The monoisotopic (exact) mass is 678 g/mol. The Morgan fingerprint density at radius 1 is 1.09 bits per heavy atom. The molecule has 6 amide bonds. The molecule has 0 saturated carbocycles. The number of halogens is 3. The number of carbonyl (C=O) groups excluding carboxylic acids is 6. The molecule has 0 aromatic carbocycles. The summed E-state index contributed by atoms with van der Waals surface area (Å²) in [6, 6.07) is -2.55. The van der Waals surface area contributed by atoms with Gasteiger partial charge in [0.1, 0.15) is 6.04 Å². The van der Waals surface area contributed by atoms with E-state index in [2.05, 4.69) is 64.5 Å². The van der Waals surface area contributed by atoms with Crippen LogP contribution >= 0.6 is 0 Å². The number of nitrogens with one attached hydrogen (secondary N) is 3. The van der Waals surface area contributed by atoms with Gasteiger partial charge in [0, 0.05) is 32.6 Å². The van der Waals surface area contributed by atoms with Crippen LogP contribution in [0.3, 0.4) is 0 Å². The summed E-state index contributed by atoms with van der Waals surface area (Å²) in [5.41, 5.74) is 4.13. The average molecular weight is 679 g/mol. The number of likely N-dealkylation sites (N-methyl/N-ethyl adjacent to an activating group) is 1. The Hall–Kier alpha value is -3.65. The van der Waals surface area contributed by atoms with Crippen molar-refractivity contribution in [2.75, 3.05) is 26.7 Å². The van der Waals surface area contributed by atoms with Crippen LogP contribution in [0, 0.1) is 23.2 Å². The molecule has 0 radical (unpaired) electrons. The molecule has 1 aliphatic rings. The lowest BCUT2D eigenvalue weighted by molar-refractivity contribution is -0.144. The minimum atomic E-state index is -4.46. The third kappa shape index (κ3) is 18.3. The van der Waals surface area contributed by atoms with Crippen LogP contribution in [0.25, 0.3) is 0 Å². The van der Waals surface area contributed by atoms with E-state index < -0.39 is 54.2 Å². The molecule has 1 rings (SSSR count). The van der Waals surface area contributed by atoms with Crippen LogP contribution in [0.2, 0.25) is 0 Å². The van der Waals surface area contributed by atoms with Gasteiger partial charge in [-0.2, -0.15) is 13.2 Å². The van der Waals surface area contributed by atoms with E-state index in [9.17, 15) is 41.9 Å². The molecule has 0 bridgehead atoms. The summed E-state index contributed by atoms with van der Waals surface area (Å²) < 4.78 is 35.3. The van der Waals surface area contributed by atoms with Crippen LogP contribution < -0.4 is 21.7 Å². The number of alkyl halides is 3. The zero-order chi connectivity index (χ0) is 37.3. The molecule has 0 aromatic rings. The van der Waals surface area contributed by atoms with Crippen LogP contribution in [-0.4, -0.2) is 96.7 Å². The summed E-state index contributed by atoms with van der Waals surface area (Å²) in [4.78, 5) is 72.2. The van der Waals surface area contributed by atoms with Crippen LogP contribution in [-0.2, 0) is 24.0 Å². The highest BCUT2D eigenvalue weighted by Gasteiger charge is 2.43. The maximum atomic E-state index is 13.3. The number of hydrogen-bond acceptors (Lipinski definition) is 6. The van der Waals surface area contributed by atoms with Gasteiger partial charge in [0.2, 0.25) is 24.0 Å². The highest BCUT2D eigenvalue weighted by atomic mass is 19.4. The minimum absolute atomic E-state index is 0.0435. The number of urea groups is 1. The number of nitrogens with zero attached hydrogens (tertiary/aromatic N) is 2. The van der Waals surface area contributed by atoms with Gasteiger partial charge < -0.3 is 31.5 Å². The maximum absolute atomic E-state index is 13.3. The summed E-state index contributed by atoms with van der Waals surface area (Å²) in [7, 11) is 1.64. The van der Waals surface area contributed by atoms with Crippen LogP contribution in [0.5, 0.6) is 0 Å². The van der Waals surface area contributed by atoms with Crippen molar-refractivity contribution in [3.8, 4) is 0 Å². The Kier molecular flexibility index (Phi) is 20.6. The molecule has 12 nitrogen and oxygen atoms in total. The number of Topliss-reactive ketones (excluding diaryl/α,β-unsaturated/α-hetero) is 1. The molecule has 0 aliphatic carbocycles. The fourth-order valence-corrected chi connectivity index (χ4v) is 4.49. The molecule has 1 aliphatic heterocycles. The van der Waals surface area contributed by atoms with Crippen molar-refractivity contribution >= 4 is 35.9 Å². The first-order valence-electron chi connectivity index (χ1n) is 15.7. The van der Waals surface area contributed by atoms with Crippen molar-refractivity contribution in [1.29, 1.82) is 0 Å². The summed E-state index contributed by atoms with van der Waals surface area (Å²) in [6.45, 7) is 23.3. The number of amides is 6. The zero-order valence-corrected chi connectivity index (χ0v) is 29.6. The molecular formula is C32H57F3N6O6. The first-order valence-corrected chi connectivity index (χ1v) is 15.7. The Balaban J connectivity index is 0. The minimum Gasteiger partial charge on any atom is -0.363 e. The average Bonchev–Trinajstić information content (AvgIpc) is 3.23. The molecule has 47 heavy (non-hydrogen) atoms. The number of hydrogen-bond donors (Lipinski definition) is 4. The zero-order valence-electron chi connectivity index (χ0n) is 29.6. The lowest BCUT2D eigenvalue weighted by Gasteiger charge is -2.35. The second-order valence-corrected chi connectivity index (χ2v) is 13.4. The Morgan fingerprint density at radius 3 is 2.00 bits per heavy atom. The molecule has 0 spiro atoms. The van der Waals surface area contributed by atoms with E-state index in [0.717, 1.165) is 18.9 Å². The van der Waals surface area contributed by atoms with Gasteiger partial charge >= 0.3 is 12.2 Å². The molecule has 15 heteroatoms. The van der Waals surface area contributed by atoms with Gasteiger partial charge in [-0.1, -0.05) is 67.9 Å². The van der Waals surface area contributed by atoms with Crippen molar-refractivity contribution in [1.82, 2.24) is 25.8 Å². The second-order valence-electron chi connectivity index (χ2n) is 13.4. The van der Waals surface area contributed by atoms with E-state index in [1.807, 2.05) is 25.7 Å². The van der Waals surface area contributed by atoms with Crippen LogP contribution in [0.1, 0.15) is 81.6 Å². The maximum Gasteiger partial charge on any atom is 0.389 e. The highest BCUT2D eigenvalue weighted by molar-refractivity contribution is 6.37. The van der Waals surface area contributed by atoms with E-state index in [0.29, 0.717) is 18.4 Å². The van der Waals surface area contributed by atoms with E-state index in [1.54, 1.807) is 18.4 Å². The molecule has 272 valence electrons. The normalized spacial score (nSPS) is 18.7. The summed E-state index contributed by atoms with van der Waals surface area (Å²) in [6.07, 6.45) is -3.75. The number of rotatable bonds is 13. The third-order valence-electron chi connectivity index (χ3n) is 7.40. The number of nitrogens with two attached hydrogens (primary N) is 1. The van der Waals surface area contributed by atoms with Gasteiger partial charge in [-0.15, -0.1) is 6.58 Å². The molecule has 1 fully saturated rings. The van der Waals surface area contributed by atoms with Gasteiger partial charge in [-0.25, -0.2) is 4.79 Å². The van der Waals surface area contributed by atoms with Crippen LogP contribution in [0.4, 0.5) is 18.0 Å². The summed E-state index contributed by atoms with van der Waals surface area (Å²) in [5, 5.41) is 7.16. The second kappa shape index (κ2) is 21.3. The van der Waals surface area contributed by atoms with Gasteiger partial charge in [0.05, 0.1) is 12.6 Å². The van der Waals surface area contributed by atoms with Gasteiger partial charge in [-0.05, 0) is 36.5 Å².